The maximum Gasteiger partial charge on any atom is 0.408 e. The number of amides is 1. The molecule has 0 bridgehead atoms. The number of alkyl halides is 1. The molecule has 0 spiro atoms. The Morgan fingerprint density at radius 3 is 2.08 bits per heavy atom. The highest BCUT2D eigenvalue weighted by Crippen LogP contribution is 2.36. The number of rotatable bonds is 10. The predicted molar refractivity (Wildman–Crippen MR) is 117 cm³/mol. The molecule has 0 aliphatic carbocycles. The van der Waals surface area contributed by atoms with Crippen LogP contribution in [-0.4, -0.2) is 56.6 Å². The van der Waals surface area contributed by atoms with E-state index in [2.05, 4.69) is 61.8 Å². The van der Waals surface area contributed by atoms with Crippen molar-refractivity contribution in [3.05, 3.63) is 0 Å². The van der Waals surface area contributed by atoms with Gasteiger partial charge in [0, 0.05) is 6.61 Å². The average Bonchev–Trinajstić information content (AvgIpc) is 2.45. The topological polar surface area (TPSA) is 66.0 Å². The number of hydrogen-bond donors (Lipinski definition) is 1. The molecule has 0 fully saturated rings. The number of carbonyl (C=O) groups excluding carboxylic acids is 1. The second kappa shape index (κ2) is 11.2. The molecule has 6 nitrogen and oxygen atoms in total. The van der Waals surface area contributed by atoms with Crippen LogP contribution in [0.2, 0.25) is 18.1 Å². The maximum absolute atomic E-state index is 12.2. The molecule has 0 aromatic rings. The molecule has 26 heavy (non-hydrogen) atoms. The van der Waals surface area contributed by atoms with E-state index in [-0.39, 0.29) is 17.4 Å². The van der Waals surface area contributed by atoms with Crippen LogP contribution in [0.4, 0.5) is 4.79 Å². The Balaban J connectivity index is 4.90. The van der Waals surface area contributed by atoms with Gasteiger partial charge < -0.3 is 24.0 Å². The van der Waals surface area contributed by atoms with Crippen molar-refractivity contribution >= 4 is 37.0 Å². The largest absolute Gasteiger partial charge is 0.444 e. The predicted octanol–water partition coefficient (Wildman–Crippen LogP) is 4.72. The SMILES string of the molecule is CCOC(CI)OC[C@H](CO[Si](C)(C)C(C)(C)C)NC(=O)OC(C)(C)C. The molecular formula is C18H38INO5Si. The van der Waals surface area contributed by atoms with Gasteiger partial charge in [0.15, 0.2) is 14.6 Å². The van der Waals surface area contributed by atoms with E-state index in [1.54, 1.807) is 0 Å². The number of alkyl carbamates (subject to hydrolysis) is 1. The summed E-state index contributed by atoms with van der Waals surface area (Å²) in [6.07, 6.45) is -0.760. The summed E-state index contributed by atoms with van der Waals surface area (Å²) < 4.78 is 23.7. The lowest BCUT2D eigenvalue weighted by Gasteiger charge is -2.37. The van der Waals surface area contributed by atoms with Crippen molar-refractivity contribution in [2.45, 2.75) is 84.5 Å². The van der Waals surface area contributed by atoms with Gasteiger partial charge in [-0.1, -0.05) is 43.4 Å². The Bertz CT molecular complexity index is 421. The van der Waals surface area contributed by atoms with Gasteiger partial charge >= 0.3 is 6.09 Å². The van der Waals surface area contributed by atoms with Crippen LogP contribution in [0.15, 0.2) is 0 Å². The van der Waals surface area contributed by atoms with Crippen molar-refractivity contribution in [1.82, 2.24) is 5.32 Å². The van der Waals surface area contributed by atoms with Crippen molar-refractivity contribution in [2.75, 3.05) is 24.2 Å². The van der Waals surface area contributed by atoms with E-state index in [9.17, 15) is 4.79 Å². The first-order chi connectivity index (χ1) is 11.7. The van der Waals surface area contributed by atoms with E-state index in [4.69, 9.17) is 18.6 Å². The van der Waals surface area contributed by atoms with Crippen LogP contribution in [0.25, 0.3) is 0 Å². The van der Waals surface area contributed by atoms with Crippen LogP contribution in [0.3, 0.4) is 0 Å². The summed E-state index contributed by atoms with van der Waals surface area (Å²) in [6, 6.07) is -0.301. The molecule has 0 heterocycles. The zero-order valence-corrected chi connectivity index (χ0v) is 21.1. The van der Waals surface area contributed by atoms with Crippen molar-refractivity contribution in [3.63, 3.8) is 0 Å². The average molecular weight is 503 g/mol. The van der Waals surface area contributed by atoms with Crippen LogP contribution in [-0.2, 0) is 18.6 Å². The quantitative estimate of drug-likeness (QED) is 0.202. The van der Waals surface area contributed by atoms with Gasteiger partial charge in [-0.05, 0) is 45.8 Å². The summed E-state index contributed by atoms with van der Waals surface area (Å²) in [5.41, 5.74) is -0.550. The molecule has 0 saturated carbocycles. The molecule has 156 valence electrons. The van der Waals surface area contributed by atoms with Crippen LogP contribution in [0, 0.1) is 0 Å². The highest BCUT2D eigenvalue weighted by molar-refractivity contribution is 14.1. The molecule has 8 heteroatoms. The summed E-state index contributed by atoms with van der Waals surface area (Å²) in [5, 5.41) is 2.97. The first kappa shape index (κ1) is 26.1. The second-order valence-electron chi connectivity index (χ2n) is 8.79. The van der Waals surface area contributed by atoms with Crippen LogP contribution in [0.5, 0.6) is 0 Å². The molecule has 2 atom stereocenters. The monoisotopic (exact) mass is 503 g/mol. The number of carbonyl (C=O) groups is 1. The van der Waals surface area contributed by atoms with Gasteiger partial charge in [0.25, 0.3) is 0 Å². The lowest BCUT2D eigenvalue weighted by molar-refractivity contribution is -0.128. The molecule has 0 aliphatic rings. The van der Waals surface area contributed by atoms with Gasteiger partial charge in [0.1, 0.15) is 5.60 Å². The van der Waals surface area contributed by atoms with Crippen molar-refractivity contribution in [2.24, 2.45) is 0 Å². The Labute approximate surface area is 174 Å². The van der Waals surface area contributed by atoms with E-state index in [0.717, 1.165) is 0 Å². The Hall–Kier alpha value is 0.0969. The van der Waals surface area contributed by atoms with Crippen LogP contribution < -0.4 is 5.32 Å². The maximum atomic E-state index is 12.2. The summed E-state index contributed by atoms with van der Waals surface area (Å²) in [4.78, 5) is 12.2. The molecule has 0 radical (unpaired) electrons. The van der Waals surface area contributed by atoms with Crippen molar-refractivity contribution < 1.29 is 23.4 Å². The third-order valence-electron chi connectivity index (χ3n) is 4.13. The number of ether oxygens (including phenoxy) is 3. The number of nitrogens with one attached hydrogen (secondary N) is 1. The zero-order valence-electron chi connectivity index (χ0n) is 17.9. The van der Waals surface area contributed by atoms with E-state index < -0.39 is 20.0 Å². The normalized spacial score (nSPS) is 15.5. The Morgan fingerprint density at radius 1 is 1.08 bits per heavy atom. The summed E-state index contributed by atoms with van der Waals surface area (Å²) in [7, 11) is -1.93. The Kier molecular flexibility index (Phi) is 11.2. The minimum Gasteiger partial charge on any atom is -0.444 e. The van der Waals surface area contributed by atoms with Crippen molar-refractivity contribution in [1.29, 1.82) is 0 Å². The minimum absolute atomic E-state index is 0.0976. The molecule has 0 aliphatic heterocycles. The lowest BCUT2D eigenvalue weighted by atomic mass is 10.2. The molecule has 1 N–H and O–H groups in total. The minimum atomic E-state index is -1.93. The highest BCUT2D eigenvalue weighted by atomic mass is 127. The lowest BCUT2D eigenvalue weighted by Crippen LogP contribution is -2.49. The summed E-state index contributed by atoms with van der Waals surface area (Å²) in [5.74, 6) is 0. The van der Waals surface area contributed by atoms with Crippen LogP contribution >= 0.6 is 22.6 Å². The van der Waals surface area contributed by atoms with Gasteiger partial charge in [-0.2, -0.15) is 0 Å². The smallest absolute Gasteiger partial charge is 0.408 e. The fourth-order valence-corrected chi connectivity index (χ4v) is 3.24. The summed E-state index contributed by atoms with van der Waals surface area (Å²) in [6.45, 7) is 19.7. The zero-order chi connectivity index (χ0) is 20.6. The van der Waals surface area contributed by atoms with E-state index in [1.807, 2.05) is 27.7 Å². The van der Waals surface area contributed by atoms with Crippen molar-refractivity contribution in [3.8, 4) is 0 Å². The van der Waals surface area contributed by atoms with Gasteiger partial charge in [-0.3, -0.25) is 0 Å². The Morgan fingerprint density at radius 2 is 1.65 bits per heavy atom. The molecule has 1 unspecified atom stereocenters. The van der Waals surface area contributed by atoms with Gasteiger partial charge in [0.05, 0.1) is 23.7 Å². The molecule has 0 aromatic carbocycles. The van der Waals surface area contributed by atoms with E-state index >= 15 is 0 Å². The van der Waals surface area contributed by atoms with Gasteiger partial charge in [-0.25, -0.2) is 4.79 Å². The fourth-order valence-electron chi connectivity index (χ4n) is 1.68. The highest BCUT2D eigenvalue weighted by Gasteiger charge is 2.38. The number of halogens is 1. The first-order valence-electron chi connectivity index (χ1n) is 9.14. The standard InChI is InChI=1S/C18H38INO5Si/c1-10-22-15(11-19)23-12-14(20-16(21)25-17(2,3)4)13-24-26(8,9)18(5,6)7/h14-15H,10-13H2,1-9H3,(H,20,21)/t14-,15?/m1/s1. The first-order valence-corrected chi connectivity index (χ1v) is 13.6. The molecular weight excluding hydrogens is 465 g/mol. The van der Waals surface area contributed by atoms with E-state index in [0.29, 0.717) is 24.2 Å². The van der Waals surface area contributed by atoms with E-state index in [1.165, 1.54) is 0 Å². The third kappa shape index (κ3) is 11.1. The van der Waals surface area contributed by atoms with Gasteiger partial charge in [-0.15, -0.1) is 0 Å². The molecule has 0 rings (SSSR count). The second-order valence-corrected chi connectivity index (χ2v) is 14.5. The van der Waals surface area contributed by atoms with Gasteiger partial charge in [0.2, 0.25) is 0 Å². The molecule has 0 aromatic heterocycles. The summed E-state index contributed by atoms with van der Waals surface area (Å²) >= 11 is 2.22. The van der Waals surface area contributed by atoms with Crippen LogP contribution in [0.1, 0.15) is 48.5 Å². The molecule has 0 saturated heterocycles. The third-order valence-corrected chi connectivity index (χ3v) is 9.35. The molecule has 1 amide bonds. The fraction of sp³-hybridized carbons (Fsp3) is 0.944. The number of hydrogen-bond acceptors (Lipinski definition) is 5.